The van der Waals surface area contributed by atoms with Crippen molar-refractivity contribution in [2.75, 3.05) is 5.32 Å². The van der Waals surface area contributed by atoms with Crippen LogP contribution in [-0.2, 0) is 17.8 Å². The molecule has 0 atom stereocenters. The Morgan fingerprint density at radius 3 is 2.55 bits per heavy atom. The Labute approximate surface area is 176 Å². The first kappa shape index (κ1) is 20.0. The highest BCUT2D eigenvalue weighted by Gasteiger charge is 2.13. The van der Waals surface area contributed by atoms with E-state index in [0.29, 0.717) is 17.6 Å². The van der Waals surface area contributed by atoms with Crippen LogP contribution in [0.15, 0.2) is 83.9 Å². The van der Waals surface area contributed by atoms with Crippen molar-refractivity contribution in [3.05, 3.63) is 111 Å². The average Bonchev–Trinajstić information content (AvgIpc) is 2.77. The molecule has 154 valence electrons. The van der Waals surface area contributed by atoms with Crippen molar-refractivity contribution in [1.29, 1.82) is 0 Å². The van der Waals surface area contributed by atoms with Gasteiger partial charge < -0.3 is 5.32 Å². The van der Waals surface area contributed by atoms with Gasteiger partial charge in [-0.05, 0) is 29.7 Å². The van der Waals surface area contributed by atoms with E-state index in [2.05, 4.69) is 10.3 Å². The van der Waals surface area contributed by atoms with Crippen LogP contribution in [0.4, 0.5) is 11.4 Å². The second-order valence-electron chi connectivity index (χ2n) is 7.00. The molecule has 1 aromatic heterocycles. The smallest absolute Gasteiger partial charge is 0.270 e. The number of carbonyl (C=O) groups is 1. The van der Waals surface area contributed by atoms with E-state index >= 15 is 0 Å². The predicted octanol–water partition coefficient (Wildman–Crippen LogP) is 3.53. The van der Waals surface area contributed by atoms with Gasteiger partial charge in [-0.2, -0.15) is 0 Å². The van der Waals surface area contributed by atoms with E-state index in [1.807, 2.05) is 48.5 Å². The van der Waals surface area contributed by atoms with Crippen molar-refractivity contribution in [3.63, 3.8) is 0 Å². The standard InChI is InChI=1S/C23H18N4O4/c28-22(25-20-9-5-4-8-17(20)12-16-6-2-1-3-7-16)14-26-15-24-21-11-10-18(27(30)31)13-19(21)23(26)29/h1-11,13,15H,12,14H2,(H,25,28). The maximum atomic E-state index is 12.7. The van der Waals surface area contributed by atoms with Gasteiger partial charge in [-0.3, -0.25) is 24.3 Å². The molecule has 0 saturated heterocycles. The molecule has 0 radical (unpaired) electrons. The van der Waals surface area contributed by atoms with Gasteiger partial charge in [0.05, 0.1) is 22.2 Å². The molecular formula is C23H18N4O4. The second kappa shape index (κ2) is 8.58. The molecule has 0 aliphatic carbocycles. The molecule has 8 heteroatoms. The van der Waals surface area contributed by atoms with Crippen LogP contribution in [0.5, 0.6) is 0 Å². The lowest BCUT2D eigenvalue weighted by molar-refractivity contribution is -0.384. The SMILES string of the molecule is O=C(Cn1cnc2ccc([N+](=O)[O-])cc2c1=O)Nc1ccccc1Cc1ccccc1. The Kier molecular flexibility index (Phi) is 5.53. The summed E-state index contributed by atoms with van der Waals surface area (Å²) in [6.45, 7) is -0.260. The first-order valence-corrected chi connectivity index (χ1v) is 9.56. The molecule has 0 saturated carbocycles. The Morgan fingerprint density at radius 1 is 1.03 bits per heavy atom. The monoisotopic (exact) mass is 414 g/mol. The number of anilines is 1. The summed E-state index contributed by atoms with van der Waals surface area (Å²) in [6, 6.07) is 21.2. The van der Waals surface area contributed by atoms with Gasteiger partial charge in [-0.15, -0.1) is 0 Å². The van der Waals surface area contributed by atoms with E-state index in [9.17, 15) is 19.7 Å². The van der Waals surface area contributed by atoms with Crippen LogP contribution in [0.25, 0.3) is 10.9 Å². The predicted molar refractivity (Wildman–Crippen MR) is 117 cm³/mol. The average molecular weight is 414 g/mol. The molecule has 4 rings (SSSR count). The number of fused-ring (bicyclic) bond motifs is 1. The molecule has 0 fully saturated rings. The molecule has 31 heavy (non-hydrogen) atoms. The van der Waals surface area contributed by atoms with Crippen LogP contribution >= 0.6 is 0 Å². The molecular weight excluding hydrogens is 396 g/mol. The molecule has 1 N–H and O–H groups in total. The van der Waals surface area contributed by atoms with Crippen LogP contribution in [-0.4, -0.2) is 20.4 Å². The topological polar surface area (TPSA) is 107 Å². The van der Waals surface area contributed by atoms with Crippen LogP contribution in [0.1, 0.15) is 11.1 Å². The van der Waals surface area contributed by atoms with Crippen LogP contribution < -0.4 is 10.9 Å². The fourth-order valence-electron chi connectivity index (χ4n) is 3.33. The molecule has 1 heterocycles. The van der Waals surface area contributed by atoms with Crippen molar-refractivity contribution in [2.45, 2.75) is 13.0 Å². The zero-order valence-electron chi connectivity index (χ0n) is 16.4. The fourth-order valence-corrected chi connectivity index (χ4v) is 3.33. The number of benzene rings is 3. The van der Waals surface area contributed by atoms with Gasteiger partial charge in [0.2, 0.25) is 5.91 Å². The number of hydrogen-bond donors (Lipinski definition) is 1. The third-order valence-electron chi connectivity index (χ3n) is 4.86. The second-order valence-corrected chi connectivity index (χ2v) is 7.00. The minimum absolute atomic E-state index is 0.0916. The zero-order chi connectivity index (χ0) is 21.8. The number of hydrogen-bond acceptors (Lipinski definition) is 5. The van der Waals surface area contributed by atoms with Gasteiger partial charge in [0.25, 0.3) is 11.2 Å². The number of nitrogens with zero attached hydrogens (tertiary/aromatic N) is 3. The summed E-state index contributed by atoms with van der Waals surface area (Å²) < 4.78 is 1.14. The number of carbonyl (C=O) groups excluding carboxylic acids is 1. The van der Waals surface area contributed by atoms with Crippen molar-refractivity contribution in [2.24, 2.45) is 0 Å². The zero-order valence-corrected chi connectivity index (χ0v) is 16.4. The summed E-state index contributed by atoms with van der Waals surface area (Å²) in [5, 5.41) is 13.9. The number of amides is 1. The lowest BCUT2D eigenvalue weighted by Gasteiger charge is -2.12. The van der Waals surface area contributed by atoms with E-state index in [0.717, 1.165) is 15.7 Å². The highest BCUT2D eigenvalue weighted by Crippen LogP contribution is 2.19. The van der Waals surface area contributed by atoms with E-state index in [1.54, 1.807) is 6.07 Å². The number of nitrogens with one attached hydrogen (secondary N) is 1. The van der Waals surface area contributed by atoms with E-state index in [4.69, 9.17) is 0 Å². The fraction of sp³-hybridized carbons (Fsp3) is 0.0870. The van der Waals surface area contributed by atoms with Crippen molar-refractivity contribution >= 4 is 28.2 Å². The minimum Gasteiger partial charge on any atom is -0.324 e. The Balaban J connectivity index is 1.56. The van der Waals surface area contributed by atoms with E-state index in [-0.39, 0.29) is 17.6 Å². The largest absolute Gasteiger partial charge is 0.324 e. The van der Waals surface area contributed by atoms with Crippen molar-refractivity contribution < 1.29 is 9.72 Å². The summed E-state index contributed by atoms with van der Waals surface area (Å²) in [4.78, 5) is 39.9. The molecule has 3 aromatic carbocycles. The van der Waals surface area contributed by atoms with Gasteiger partial charge in [0, 0.05) is 17.8 Å². The van der Waals surface area contributed by atoms with Crippen LogP contribution in [0.2, 0.25) is 0 Å². The van der Waals surface area contributed by atoms with Gasteiger partial charge in [-0.25, -0.2) is 4.98 Å². The number of aromatic nitrogens is 2. The molecule has 8 nitrogen and oxygen atoms in total. The molecule has 0 aliphatic heterocycles. The van der Waals surface area contributed by atoms with Gasteiger partial charge in [0.1, 0.15) is 6.54 Å². The van der Waals surface area contributed by atoms with Gasteiger partial charge >= 0.3 is 0 Å². The molecule has 0 bridgehead atoms. The van der Waals surface area contributed by atoms with E-state index in [1.165, 1.54) is 24.5 Å². The highest BCUT2D eigenvalue weighted by molar-refractivity contribution is 5.91. The molecule has 0 aliphatic rings. The Hall–Kier alpha value is -4.33. The van der Waals surface area contributed by atoms with Crippen LogP contribution in [0.3, 0.4) is 0 Å². The van der Waals surface area contributed by atoms with Gasteiger partial charge in [-0.1, -0.05) is 48.5 Å². The quantitative estimate of drug-likeness (QED) is 0.384. The Morgan fingerprint density at radius 2 is 1.77 bits per heavy atom. The third kappa shape index (κ3) is 4.48. The first-order chi connectivity index (χ1) is 15.0. The van der Waals surface area contributed by atoms with E-state index < -0.39 is 16.4 Å². The number of nitro benzene ring substituents is 1. The summed E-state index contributed by atoms with van der Waals surface area (Å²) in [7, 11) is 0. The maximum absolute atomic E-state index is 12.7. The van der Waals surface area contributed by atoms with Gasteiger partial charge in [0.15, 0.2) is 0 Å². The Bertz CT molecular complexity index is 1330. The normalized spacial score (nSPS) is 10.7. The molecule has 4 aromatic rings. The summed E-state index contributed by atoms with van der Waals surface area (Å²) in [6.07, 6.45) is 1.92. The lowest BCUT2D eigenvalue weighted by atomic mass is 10.0. The number of nitro groups is 1. The number of rotatable bonds is 6. The summed E-state index contributed by atoms with van der Waals surface area (Å²) in [5.74, 6) is -0.394. The summed E-state index contributed by atoms with van der Waals surface area (Å²) in [5.41, 5.74) is 2.33. The minimum atomic E-state index is -0.577. The summed E-state index contributed by atoms with van der Waals surface area (Å²) >= 11 is 0. The molecule has 0 spiro atoms. The third-order valence-corrected chi connectivity index (χ3v) is 4.86. The van der Waals surface area contributed by atoms with Crippen molar-refractivity contribution in [1.82, 2.24) is 9.55 Å². The highest BCUT2D eigenvalue weighted by atomic mass is 16.6. The van der Waals surface area contributed by atoms with Crippen LogP contribution in [0, 0.1) is 10.1 Å². The number of para-hydroxylation sites is 1. The molecule has 1 amide bonds. The lowest BCUT2D eigenvalue weighted by Crippen LogP contribution is -2.28. The molecule has 0 unspecified atom stereocenters. The number of non-ortho nitro benzene ring substituents is 1. The first-order valence-electron chi connectivity index (χ1n) is 9.56. The maximum Gasteiger partial charge on any atom is 0.270 e. The van der Waals surface area contributed by atoms with Crippen molar-refractivity contribution in [3.8, 4) is 0 Å².